The Kier molecular flexibility index (Phi) is 5.21. The van der Waals surface area contributed by atoms with Crippen LogP contribution in [0.5, 0.6) is 0 Å². The SMILES string of the molecule is CC1(NS(=O)(=O)c2ccc(Cl)c(CO)c2Cl)CCCCC1. The van der Waals surface area contributed by atoms with Crippen LogP contribution < -0.4 is 4.72 Å². The van der Waals surface area contributed by atoms with Crippen molar-refractivity contribution in [3.63, 3.8) is 0 Å². The van der Waals surface area contributed by atoms with Gasteiger partial charge in [0.05, 0.1) is 11.6 Å². The van der Waals surface area contributed by atoms with Crippen molar-refractivity contribution in [1.82, 2.24) is 4.72 Å². The molecule has 118 valence electrons. The van der Waals surface area contributed by atoms with Crippen molar-refractivity contribution >= 4 is 33.2 Å². The van der Waals surface area contributed by atoms with E-state index in [1.54, 1.807) is 0 Å². The molecule has 2 rings (SSSR count). The van der Waals surface area contributed by atoms with E-state index in [2.05, 4.69) is 4.72 Å². The maximum atomic E-state index is 12.6. The lowest BCUT2D eigenvalue weighted by Gasteiger charge is -2.34. The quantitative estimate of drug-likeness (QED) is 0.872. The summed E-state index contributed by atoms with van der Waals surface area (Å²) in [5.41, 5.74) is -0.214. The molecule has 0 spiro atoms. The van der Waals surface area contributed by atoms with Crippen molar-refractivity contribution in [3.05, 3.63) is 27.7 Å². The van der Waals surface area contributed by atoms with Crippen molar-refractivity contribution < 1.29 is 13.5 Å². The summed E-state index contributed by atoms with van der Waals surface area (Å²) in [6.07, 6.45) is 4.77. The lowest BCUT2D eigenvalue weighted by atomic mass is 9.84. The van der Waals surface area contributed by atoms with Gasteiger partial charge in [0.1, 0.15) is 4.90 Å². The minimum atomic E-state index is -3.75. The maximum absolute atomic E-state index is 12.6. The standard InChI is InChI=1S/C14H19Cl2NO3S/c1-14(7-3-2-4-8-14)17-21(19,20)12-6-5-11(15)10(9-18)13(12)16/h5-6,17-18H,2-4,7-9H2,1H3. The maximum Gasteiger partial charge on any atom is 0.242 e. The number of sulfonamides is 1. The summed E-state index contributed by atoms with van der Waals surface area (Å²) < 4.78 is 27.9. The molecule has 21 heavy (non-hydrogen) atoms. The minimum Gasteiger partial charge on any atom is -0.392 e. The average molecular weight is 352 g/mol. The molecule has 1 aliphatic rings. The van der Waals surface area contributed by atoms with Gasteiger partial charge in [-0.1, -0.05) is 42.5 Å². The van der Waals surface area contributed by atoms with E-state index in [0.29, 0.717) is 0 Å². The van der Waals surface area contributed by atoms with Gasteiger partial charge in [0.25, 0.3) is 0 Å². The fourth-order valence-corrected chi connectivity index (χ4v) is 5.11. The molecule has 7 heteroatoms. The van der Waals surface area contributed by atoms with Gasteiger partial charge < -0.3 is 5.11 Å². The molecule has 0 unspecified atom stereocenters. The summed E-state index contributed by atoms with van der Waals surface area (Å²) in [5, 5.41) is 9.52. The Bertz CT molecular complexity index is 625. The van der Waals surface area contributed by atoms with Crippen molar-refractivity contribution in [1.29, 1.82) is 0 Å². The molecule has 1 aliphatic carbocycles. The lowest BCUT2D eigenvalue weighted by Crippen LogP contribution is -2.47. The molecule has 0 radical (unpaired) electrons. The highest BCUT2D eigenvalue weighted by molar-refractivity contribution is 7.89. The molecule has 0 heterocycles. The third-order valence-electron chi connectivity index (χ3n) is 3.94. The van der Waals surface area contributed by atoms with E-state index in [4.69, 9.17) is 23.2 Å². The van der Waals surface area contributed by atoms with Gasteiger partial charge >= 0.3 is 0 Å². The van der Waals surface area contributed by atoms with Crippen LogP contribution >= 0.6 is 23.2 Å². The van der Waals surface area contributed by atoms with Gasteiger partial charge in [-0.3, -0.25) is 0 Å². The van der Waals surface area contributed by atoms with Crippen molar-refractivity contribution in [2.24, 2.45) is 0 Å². The number of hydrogen-bond acceptors (Lipinski definition) is 3. The molecule has 1 saturated carbocycles. The van der Waals surface area contributed by atoms with Crippen LogP contribution in [0.3, 0.4) is 0 Å². The van der Waals surface area contributed by atoms with E-state index in [1.807, 2.05) is 6.92 Å². The first-order valence-electron chi connectivity index (χ1n) is 6.91. The number of benzene rings is 1. The van der Waals surface area contributed by atoms with Crippen LogP contribution in [0.25, 0.3) is 0 Å². The molecule has 0 bridgehead atoms. The molecule has 2 N–H and O–H groups in total. The van der Waals surface area contributed by atoms with Gasteiger partial charge in [0.2, 0.25) is 10.0 Å². The molecular formula is C14H19Cl2NO3S. The number of nitrogens with one attached hydrogen (secondary N) is 1. The number of aliphatic hydroxyl groups excluding tert-OH is 1. The fourth-order valence-electron chi connectivity index (χ4n) is 2.74. The minimum absolute atomic E-state index is 0.0168. The third kappa shape index (κ3) is 3.71. The molecule has 1 fully saturated rings. The molecule has 0 aromatic heterocycles. The number of halogens is 2. The first-order chi connectivity index (χ1) is 9.79. The summed E-state index contributed by atoms with van der Waals surface area (Å²) in [7, 11) is -3.75. The second-order valence-electron chi connectivity index (χ2n) is 5.72. The molecule has 0 aliphatic heterocycles. The largest absolute Gasteiger partial charge is 0.392 e. The van der Waals surface area contributed by atoms with Crippen LogP contribution in [0, 0.1) is 0 Å². The Hall–Kier alpha value is -0.330. The summed E-state index contributed by atoms with van der Waals surface area (Å²) in [6, 6.07) is 2.81. The number of aliphatic hydroxyl groups is 1. The fraction of sp³-hybridized carbons (Fsp3) is 0.571. The smallest absolute Gasteiger partial charge is 0.242 e. The Morgan fingerprint density at radius 3 is 2.43 bits per heavy atom. The van der Waals surface area contributed by atoms with E-state index in [9.17, 15) is 13.5 Å². The normalized spacial score (nSPS) is 18.7. The van der Waals surface area contributed by atoms with Gasteiger partial charge in [-0.2, -0.15) is 0 Å². The Morgan fingerprint density at radius 2 is 1.86 bits per heavy atom. The van der Waals surface area contributed by atoms with E-state index in [1.165, 1.54) is 12.1 Å². The van der Waals surface area contributed by atoms with Gasteiger partial charge in [0, 0.05) is 16.1 Å². The summed E-state index contributed by atoms with van der Waals surface area (Å²) in [4.78, 5) is -0.0376. The van der Waals surface area contributed by atoms with Crippen molar-refractivity contribution in [2.45, 2.75) is 56.1 Å². The number of hydrogen-bond donors (Lipinski definition) is 2. The monoisotopic (exact) mass is 351 g/mol. The first kappa shape index (κ1) is 17.0. The Balaban J connectivity index is 2.36. The summed E-state index contributed by atoms with van der Waals surface area (Å²) in [6.45, 7) is 1.51. The summed E-state index contributed by atoms with van der Waals surface area (Å²) in [5.74, 6) is 0. The summed E-state index contributed by atoms with van der Waals surface area (Å²) >= 11 is 12.0. The Labute approximate surface area is 135 Å². The van der Waals surface area contributed by atoms with Crippen LogP contribution in [0.4, 0.5) is 0 Å². The third-order valence-corrected chi connectivity index (χ3v) is 6.51. The van der Waals surface area contributed by atoms with Crippen LogP contribution in [0.15, 0.2) is 17.0 Å². The predicted molar refractivity (Wildman–Crippen MR) is 84.2 cm³/mol. The predicted octanol–water partition coefficient (Wildman–Crippen LogP) is 3.49. The molecule has 1 aromatic carbocycles. The zero-order valence-electron chi connectivity index (χ0n) is 11.8. The molecule has 1 aromatic rings. The number of rotatable bonds is 4. The van der Waals surface area contributed by atoms with E-state index in [0.717, 1.165) is 32.1 Å². The van der Waals surface area contributed by atoms with Crippen LogP contribution in [-0.4, -0.2) is 19.1 Å². The topological polar surface area (TPSA) is 66.4 Å². The van der Waals surface area contributed by atoms with Crippen LogP contribution in [0.2, 0.25) is 10.0 Å². The van der Waals surface area contributed by atoms with Gasteiger partial charge in [-0.25, -0.2) is 13.1 Å². The second-order valence-corrected chi connectivity index (χ2v) is 8.16. The highest BCUT2D eigenvalue weighted by Gasteiger charge is 2.33. The van der Waals surface area contributed by atoms with Crippen LogP contribution in [-0.2, 0) is 16.6 Å². The second kappa shape index (κ2) is 6.42. The zero-order valence-corrected chi connectivity index (χ0v) is 14.2. The molecule has 4 nitrogen and oxygen atoms in total. The van der Waals surface area contributed by atoms with E-state index in [-0.39, 0.29) is 20.5 Å². The zero-order chi connectivity index (χ0) is 15.7. The molecule has 0 atom stereocenters. The molecular weight excluding hydrogens is 333 g/mol. The Morgan fingerprint density at radius 1 is 1.24 bits per heavy atom. The lowest BCUT2D eigenvalue weighted by molar-refractivity contribution is 0.281. The van der Waals surface area contributed by atoms with E-state index < -0.39 is 22.2 Å². The highest BCUT2D eigenvalue weighted by atomic mass is 35.5. The van der Waals surface area contributed by atoms with Gasteiger partial charge in [0.15, 0.2) is 0 Å². The van der Waals surface area contributed by atoms with Crippen LogP contribution in [0.1, 0.15) is 44.6 Å². The molecule has 0 amide bonds. The molecule has 0 saturated heterocycles. The van der Waals surface area contributed by atoms with Gasteiger partial charge in [-0.15, -0.1) is 0 Å². The highest BCUT2D eigenvalue weighted by Crippen LogP contribution is 2.34. The van der Waals surface area contributed by atoms with Crippen molar-refractivity contribution in [2.75, 3.05) is 0 Å². The van der Waals surface area contributed by atoms with Crippen molar-refractivity contribution in [3.8, 4) is 0 Å². The van der Waals surface area contributed by atoms with E-state index >= 15 is 0 Å². The van der Waals surface area contributed by atoms with Gasteiger partial charge in [-0.05, 0) is 31.9 Å². The first-order valence-corrected chi connectivity index (χ1v) is 9.15. The average Bonchev–Trinajstić information content (AvgIpc) is 2.38.